The molecular formula is C32H52O5. The quantitative estimate of drug-likeness (QED) is 0.250. The molecule has 4 rings (SSSR count). The summed E-state index contributed by atoms with van der Waals surface area (Å²) in [7, 11) is 1.71. The maximum atomic E-state index is 12.5. The fourth-order valence-electron chi connectivity index (χ4n) is 10.3. The smallest absolute Gasteiger partial charge is 0.302 e. The first kappa shape index (κ1) is 28.5. The van der Waals surface area contributed by atoms with Crippen LogP contribution in [0.15, 0.2) is 12.3 Å². The van der Waals surface area contributed by atoms with Crippen molar-refractivity contribution in [2.45, 2.75) is 118 Å². The minimum atomic E-state index is -0.177. The highest BCUT2D eigenvalue weighted by Crippen LogP contribution is 2.70. The van der Waals surface area contributed by atoms with Crippen LogP contribution in [-0.4, -0.2) is 31.3 Å². The van der Waals surface area contributed by atoms with Crippen LogP contribution < -0.4 is 0 Å². The topological polar surface area (TPSA) is 61.8 Å². The van der Waals surface area contributed by atoms with Gasteiger partial charge in [0.25, 0.3) is 0 Å². The molecule has 0 N–H and O–H groups in total. The first-order valence-electron chi connectivity index (χ1n) is 15.1. The van der Waals surface area contributed by atoms with Crippen LogP contribution in [0.1, 0.15) is 106 Å². The second kappa shape index (κ2) is 11.3. The molecule has 4 fully saturated rings. The average molecular weight is 517 g/mol. The Labute approximate surface area is 225 Å². The number of ether oxygens (including phenoxy) is 3. The van der Waals surface area contributed by atoms with Crippen LogP contribution in [0.5, 0.6) is 0 Å². The number of rotatable bonds is 8. The van der Waals surface area contributed by atoms with Crippen LogP contribution in [0.25, 0.3) is 0 Å². The molecular weight excluding hydrogens is 464 g/mol. The van der Waals surface area contributed by atoms with Gasteiger partial charge in [0.2, 0.25) is 0 Å². The van der Waals surface area contributed by atoms with Gasteiger partial charge in [-0.15, -0.1) is 0 Å². The van der Waals surface area contributed by atoms with E-state index in [0.717, 1.165) is 38.0 Å². The molecule has 0 aromatic heterocycles. The maximum absolute atomic E-state index is 12.5. The summed E-state index contributed by atoms with van der Waals surface area (Å²) >= 11 is 0. The van der Waals surface area contributed by atoms with Gasteiger partial charge in [0.15, 0.2) is 0 Å². The molecule has 0 amide bonds. The molecule has 4 aliphatic carbocycles. The van der Waals surface area contributed by atoms with Crippen LogP contribution in [-0.2, 0) is 23.8 Å². The Bertz CT molecular complexity index is 852. The van der Waals surface area contributed by atoms with E-state index in [9.17, 15) is 9.59 Å². The van der Waals surface area contributed by atoms with Gasteiger partial charge in [-0.05, 0) is 117 Å². The first-order chi connectivity index (χ1) is 17.6. The third-order valence-electron chi connectivity index (χ3n) is 11.8. The van der Waals surface area contributed by atoms with Gasteiger partial charge in [-0.25, -0.2) is 0 Å². The Morgan fingerprint density at radius 2 is 1.62 bits per heavy atom. The van der Waals surface area contributed by atoms with E-state index in [1.807, 2.05) is 0 Å². The molecule has 37 heavy (non-hydrogen) atoms. The number of fused-ring (bicyclic) bond motifs is 5. The number of allylic oxidation sites excluding steroid dienone is 1. The Morgan fingerprint density at radius 1 is 0.946 bits per heavy atom. The second-order valence-electron chi connectivity index (χ2n) is 13.4. The summed E-state index contributed by atoms with van der Waals surface area (Å²) in [5.74, 6) is 3.44. The first-order valence-corrected chi connectivity index (χ1v) is 15.1. The lowest BCUT2D eigenvalue weighted by atomic mass is 9.41. The number of hydrogen-bond donors (Lipinski definition) is 0. The summed E-state index contributed by atoms with van der Waals surface area (Å²) < 4.78 is 17.2. The van der Waals surface area contributed by atoms with Gasteiger partial charge in [0, 0.05) is 19.8 Å². The van der Waals surface area contributed by atoms with Crippen molar-refractivity contribution in [1.82, 2.24) is 0 Å². The summed E-state index contributed by atoms with van der Waals surface area (Å²) in [6.45, 7) is 12.9. The maximum Gasteiger partial charge on any atom is 0.302 e. The predicted molar refractivity (Wildman–Crippen MR) is 145 cm³/mol. The molecule has 210 valence electrons. The lowest BCUT2D eigenvalue weighted by molar-refractivity contribution is -0.219. The highest BCUT2D eigenvalue weighted by molar-refractivity contribution is 5.66. The Hall–Kier alpha value is -1.52. The van der Waals surface area contributed by atoms with Crippen molar-refractivity contribution in [2.75, 3.05) is 7.11 Å². The zero-order valence-electron chi connectivity index (χ0n) is 24.5. The molecule has 0 aromatic rings. The van der Waals surface area contributed by atoms with Crippen molar-refractivity contribution in [3.63, 3.8) is 0 Å². The zero-order valence-corrected chi connectivity index (χ0v) is 24.5. The van der Waals surface area contributed by atoms with Crippen molar-refractivity contribution >= 4 is 11.9 Å². The normalized spacial score (nSPS) is 43.9. The van der Waals surface area contributed by atoms with E-state index in [1.165, 1.54) is 39.0 Å². The standard InChI is InChI=1S/C32H52O5/c1-8-24-28-19-23(36-21(3)33)14-16-32(28,6)27-15-17-31(5)25(20(2)11-9-10-18-35-7)12-13-26(31)29(27)30(24)37-22(4)34/h10,18,20,23-30H,8-9,11-17,19H2,1-7H3/b18-10+/t20-,23-,24-,25?,26+,27+,28?,29?,30-,31?,32+/m1/s1. The Morgan fingerprint density at radius 3 is 2.27 bits per heavy atom. The van der Waals surface area contributed by atoms with Crippen molar-refractivity contribution < 1.29 is 23.8 Å². The molecule has 0 heterocycles. The molecule has 5 nitrogen and oxygen atoms in total. The number of esters is 2. The molecule has 0 aliphatic heterocycles. The van der Waals surface area contributed by atoms with Gasteiger partial charge in [0.05, 0.1) is 13.4 Å². The third kappa shape index (κ3) is 5.22. The zero-order chi connectivity index (χ0) is 27.0. The predicted octanol–water partition coefficient (Wildman–Crippen LogP) is 7.33. The molecule has 4 unspecified atom stereocenters. The van der Waals surface area contributed by atoms with Gasteiger partial charge >= 0.3 is 11.9 Å². The summed E-state index contributed by atoms with van der Waals surface area (Å²) in [4.78, 5) is 24.3. The Balaban J connectivity index is 1.64. The van der Waals surface area contributed by atoms with Gasteiger partial charge in [-0.3, -0.25) is 9.59 Å². The molecule has 0 aromatic carbocycles. The number of methoxy groups -OCH3 is 1. The highest BCUT2D eigenvalue weighted by Gasteiger charge is 2.66. The number of hydrogen-bond acceptors (Lipinski definition) is 5. The fraction of sp³-hybridized carbons (Fsp3) is 0.875. The van der Waals surface area contributed by atoms with Gasteiger partial charge < -0.3 is 14.2 Å². The van der Waals surface area contributed by atoms with Crippen LogP contribution >= 0.6 is 0 Å². The summed E-state index contributed by atoms with van der Waals surface area (Å²) in [5.41, 5.74) is 0.523. The average Bonchev–Trinajstić information content (AvgIpc) is 3.19. The minimum Gasteiger partial charge on any atom is -0.505 e. The molecule has 11 atom stereocenters. The molecule has 0 spiro atoms. The molecule has 0 radical (unpaired) electrons. The fourth-order valence-corrected chi connectivity index (χ4v) is 10.3. The molecule has 0 bridgehead atoms. The van der Waals surface area contributed by atoms with Crippen LogP contribution in [0.3, 0.4) is 0 Å². The third-order valence-corrected chi connectivity index (χ3v) is 11.8. The van der Waals surface area contributed by atoms with E-state index in [2.05, 4.69) is 33.8 Å². The van der Waals surface area contributed by atoms with Crippen molar-refractivity contribution in [3.8, 4) is 0 Å². The molecule has 5 heteroatoms. The van der Waals surface area contributed by atoms with Crippen LogP contribution in [0.4, 0.5) is 0 Å². The van der Waals surface area contributed by atoms with E-state index < -0.39 is 0 Å². The lowest BCUT2D eigenvalue weighted by Gasteiger charge is -2.65. The van der Waals surface area contributed by atoms with Gasteiger partial charge in [-0.2, -0.15) is 0 Å². The van der Waals surface area contributed by atoms with E-state index in [-0.39, 0.29) is 29.6 Å². The van der Waals surface area contributed by atoms with Gasteiger partial charge in [-0.1, -0.05) is 27.7 Å². The van der Waals surface area contributed by atoms with Crippen LogP contribution in [0, 0.1) is 52.3 Å². The summed E-state index contributed by atoms with van der Waals surface area (Å²) in [6, 6.07) is 0. The molecule has 0 saturated heterocycles. The van der Waals surface area contributed by atoms with Crippen LogP contribution in [0.2, 0.25) is 0 Å². The molecule has 4 aliphatic rings. The Kier molecular flexibility index (Phi) is 8.70. The van der Waals surface area contributed by atoms with Crippen molar-refractivity contribution in [3.05, 3.63) is 12.3 Å². The van der Waals surface area contributed by atoms with E-state index >= 15 is 0 Å². The van der Waals surface area contributed by atoms with E-state index in [4.69, 9.17) is 14.2 Å². The lowest BCUT2D eigenvalue weighted by Crippen LogP contribution is -2.63. The summed E-state index contributed by atoms with van der Waals surface area (Å²) in [5, 5.41) is 0. The highest BCUT2D eigenvalue weighted by atomic mass is 16.5. The monoisotopic (exact) mass is 516 g/mol. The minimum absolute atomic E-state index is 0.00289. The van der Waals surface area contributed by atoms with Gasteiger partial charge in [0.1, 0.15) is 12.2 Å². The number of carbonyl (C=O) groups excluding carboxylic acids is 2. The summed E-state index contributed by atoms with van der Waals surface area (Å²) in [6.07, 6.45) is 15.2. The van der Waals surface area contributed by atoms with Crippen molar-refractivity contribution in [1.29, 1.82) is 0 Å². The largest absolute Gasteiger partial charge is 0.505 e. The van der Waals surface area contributed by atoms with E-state index in [1.54, 1.807) is 20.3 Å². The van der Waals surface area contributed by atoms with E-state index in [0.29, 0.717) is 40.9 Å². The van der Waals surface area contributed by atoms with Crippen molar-refractivity contribution in [2.24, 2.45) is 52.3 Å². The molecule has 4 saturated carbocycles. The number of carbonyl (C=O) groups is 2. The SMILES string of the molecule is CC[C@@H]1C2C[C@H](OC(C)=O)CC[C@@]2(C)[C@H]2CCC3(C)C([C@H](C)CC/C=C/OC)CC[C@H]3C2[C@@H]1OC(C)=O. The second-order valence-corrected chi connectivity index (χ2v) is 13.4.